The van der Waals surface area contributed by atoms with Crippen LogP contribution in [0, 0.1) is 0 Å². The molecule has 6 N–H and O–H groups in total. The monoisotopic (exact) mass is 201 g/mol. The summed E-state index contributed by atoms with van der Waals surface area (Å²) in [6, 6.07) is 0. The van der Waals surface area contributed by atoms with Crippen LogP contribution in [-0.2, 0) is 0 Å². The third-order valence-corrected chi connectivity index (χ3v) is 0. The molecule has 0 unspecified atom stereocenters. The summed E-state index contributed by atoms with van der Waals surface area (Å²) in [5.41, 5.74) is 0. The molecule has 0 amide bonds. The largest absolute Gasteiger partial charge is 1.00 e. The first-order valence-corrected chi connectivity index (χ1v) is 3.07. The molecule has 0 aliphatic heterocycles. The van der Waals surface area contributed by atoms with Crippen LogP contribution in [0.4, 0.5) is 0 Å². The van der Waals surface area contributed by atoms with E-state index in [9.17, 15) is 0 Å². The van der Waals surface area contributed by atoms with E-state index in [-0.39, 0.29) is 85.1 Å². The molecule has 0 fully saturated rings. The molecule has 12 heavy (non-hydrogen) atoms. The van der Waals surface area contributed by atoms with E-state index >= 15 is 0 Å². The van der Waals surface area contributed by atoms with Gasteiger partial charge in [-0.15, -0.1) is 0 Å². The molecular formula is C6H21NNa2O3+2. The van der Waals surface area contributed by atoms with Crippen molar-refractivity contribution in [2.24, 2.45) is 0 Å². The van der Waals surface area contributed by atoms with E-state index in [1.165, 1.54) is 0 Å². The summed E-state index contributed by atoms with van der Waals surface area (Å²) >= 11 is 0. The fraction of sp³-hybridized carbons (Fsp3) is 1.00. The van der Waals surface area contributed by atoms with Crippen LogP contribution >= 0.6 is 0 Å². The minimum atomic E-state index is 0. The van der Waals surface area contributed by atoms with Crippen molar-refractivity contribution in [1.82, 2.24) is 6.15 Å². The Morgan fingerprint density at radius 3 is 0.667 bits per heavy atom. The Bertz CT molecular complexity index is 25.5. The Morgan fingerprint density at radius 1 is 0.667 bits per heavy atom. The topological polar surface area (TPSA) is 95.7 Å². The van der Waals surface area contributed by atoms with Gasteiger partial charge in [-0.1, -0.05) is 0 Å². The summed E-state index contributed by atoms with van der Waals surface area (Å²) in [4.78, 5) is 0. The summed E-state index contributed by atoms with van der Waals surface area (Å²) in [5.74, 6) is 0. The predicted molar refractivity (Wildman–Crippen MR) is 43.3 cm³/mol. The summed E-state index contributed by atoms with van der Waals surface area (Å²) < 4.78 is 0. The van der Waals surface area contributed by atoms with Crippen LogP contribution in [0.25, 0.3) is 0 Å². The van der Waals surface area contributed by atoms with Gasteiger partial charge in [0.15, 0.2) is 0 Å². The SMILES string of the molecule is CCO.CCO.CCO.N.[Na+].[Na+]. The maximum absolute atomic E-state index is 7.57. The van der Waals surface area contributed by atoms with Gasteiger partial charge in [-0.2, -0.15) is 0 Å². The van der Waals surface area contributed by atoms with Crippen molar-refractivity contribution in [3.63, 3.8) is 0 Å². The molecule has 0 aromatic heterocycles. The van der Waals surface area contributed by atoms with Crippen molar-refractivity contribution >= 4 is 0 Å². The molecule has 0 saturated carbocycles. The molecule has 0 rings (SSSR count). The van der Waals surface area contributed by atoms with Crippen molar-refractivity contribution in [1.29, 1.82) is 0 Å². The Hall–Kier alpha value is 1.84. The molecule has 0 atom stereocenters. The zero-order valence-corrected chi connectivity index (χ0v) is 13.2. The molecule has 4 nitrogen and oxygen atoms in total. The Kier molecular flexibility index (Phi) is 238. The third kappa shape index (κ3) is 411. The summed E-state index contributed by atoms with van der Waals surface area (Å²) in [6.45, 7) is 5.79. The maximum atomic E-state index is 7.57. The average molecular weight is 201 g/mol. The Morgan fingerprint density at radius 2 is 0.667 bits per heavy atom. The van der Waals surface area contributed by atoms with Gasteiger partial charge in [-0.05, 0) is 20.8 Å². The molecule has 0 aliphatic carbocycles. The minimum Gasteiger partial charge on any atom is -0.397 e. The van der Waals surface area contributed by atoms with E-state index in [1.807, 2.05) is 0 Å². The van der Waals surface area contributed by atoms with Gasteiger partial charge in [-0.3, -0.25) is 0 Å². The second kappa shape index (κ2) is 76.8. The van der Waals surface area contributed by atoms with Gasteiger partial charge >= 0.3 is 59.1 Å². The fourth-order valence-corrected chi connectivity index (χ4v) is 0. The summed E-state index contributed by atoms with van der Waals surface area (Å²) in [6.07, 6.45) is 0. The van der Waals surface area contributed by atoms with E-state index in [0.717, 1.165) is 0 Å². The van der Waals surface area contributed by atoms with Crippen LogP contribution in [-0.4, -0.2) is 35.1 Å². The van der Waals surface area contributed by atoms with Gasteiger partial charge in [0.2, 0.25) is 0 Å². The number of aliphatic hydroxyl groups excluding tert-OH is 3. The molecule has 0 aromatic rings. The molecule has 0 spiro atoms. The van der Waals surface area contributed by atoms with Crippen molar-refractivity contribution in [3.8, 4) is 0 Å². The van der Waals surface area contributed by atoms with Gasteiger partial charge in [0.1, 0.15) is 0 Å². The summed E-state index contributed by atoms with van der Waals surface area (Å²) in [5, 5.41) is 22.7. The smallest absolute Gasteiger partial charge is 0.397 e. The van der Waals surface area contributed by atoms with Crippen LogP contribution in [0.3, 0.4) is 0 Å². The Labute approximate surface area is 120 Å². The number of hydrogen-bond acceptors (Lipinski definition) is 4. The second-order valence-electron chi connectivity index (χ2n) is 0.949. The van der Waals surface area contributed by atoms with Crippen LogP contribution in [0.15, 0.2) is 0 Å². The quantitative estimate of drug-likeness (QED) is 0.294. The normalized spacial score (nSPS) is 4.50. The van der Waals surface area contributed by atoms with Gasteiger partial charge < -0.3 is 21.5 Å². The number of aliphatic hydroxyl groups is 3. The van der Waals surface area contributed by atoms with Crippen molar-refractivity contribution < 1.29 is 74.4 Å². The molecule has 0 bridgehead atoms. The fourth-order valence-electron chi connectivity index (χ4n) is 0. The van der Waals surface area contributed by atoms with Crippen LogP contribution in [0.2, 0.25) is 0 Å². The van der Waals surface area contributed by atoms with Crippen molar-refractivity contribution in [2.45, 2.75) is 20.8 Å². The van der Waals surface area contributed by atoms with E-state index in [1.54, 1.807) is 20.8 Å². The van der Waals surface area contributed by atoms with Gasteiger partial charge in [-0.25, -0.2) is 0 Å². The van der Waals surface area contributed by atoms with E-state index in [4.69, 9.17) is 15.3 Å². The molecule has 0 aromatic carbocycles. The molecule has 0 aliphatic rings. The van der Waals surface area contributed by atoms with E-state index < -0.39 is 0 Å². The summed E-state index contributed by atoms with van der Waals surface area (Å²) in [7, 11) is 0. The molecule has 6 heteroatoms. The standard InChI is InChI=1S/3C2H6O.H3N.2Na/c3*1-2-3;;;/h3*3H,2H2,1H3;1H3;;/q;;;;2*+1. The molecule has 0 radical (unpaired) electrons. The van der Waals surface area contributed by atoms with Crippen LogP contribution < -0.4 is 65.3 Å². The molecular weight excluding hydrogens is 180 g/mol. The number of rotatable bonds is 0. The molecule has 0 heterocycles. The van der Waals surface area contributed by atoms with Gasteiger partial charge in [0, 0.05) is 19.8 Å². The number of hydrogen-bond donors (Lipinski definition) is 4. The zero-order chi connectivity index (χ0) is 8.12. The van der Waals surface area contributed by atoms with Crippen molar-refractivity contribution in [3.05, 3.63) is 0 Å². The molecule has 68 valence electrons. The maximum Gasteiger partial charge on any atom is 1.00 e. The van der Waals surface area contributed by atoms with Crippen LogP contribution in [0.5, 0.6) is 0 Å². The van der Waals surface area contributed by atoms with Gasteiger partial charge in [0.05, 0.1) is 0 Å². The Balaban J connectivity index is -0.00000001000. The van der Waals surface area contributed by atoms with Gasteiger partial charge in [0.25, 0.3) is 0 Å². The van der Waals surface area contributed by atoms with Crippen LogP contribution in [0.1, 0.15) is 20.8 Å². The average Bonchev–Trinajstić information content (AvgIpc) is 1.70. The first kappa shape index (κ1) is 37.1. The first-order valence-electron chi connectivity index (χ1n) is 3.07. The minimum absolute atomic E-state index is 0. The second-order valence-corrected chi connectivity index (χ2v) is 0.949. The van der Waals surface area contributed by atoms with Crippen molar-refractivity contribution in [2.75, 3.05) is 19.8 Å². The first-order chi connectivity index (χ1) is 4.24. The zero-order valence-electron chi connectivity index (χ0n) is 9.17. The predicted octanol–water partition coefficient (Wildman–Crippen LogP) is -5.83. The van der Waals surface area contributed by atoms with E-state index in [0.29, 0.717) is 0 Å². The third-order valence-electron chi connectivity index (χ3n) is 0. The molecule has 0 saturated heterocycles. The van der Waals surface area contributed by atoms with E-state index in [2.05, 4.69) is 0 Å².